The second-order valence-electron chi connectivity index (χ2n) is 5.80. The Morgan fingerprint density at radius 3 is 2.88 bits per heavy atom. The number of rotatable bonds is 3. The van der Waals surface area contributed by atoms with Crippen LogP contribution in [0.25, 0.3) is 0 Å². The van der Waals surface area contributed by atoms with Gasteiger partial charge in [0.15, 0.2) is 5.82 Å². The van der Waals surface area contributed by atoms with Crippen LogP contribution < -0.4 is 0 Å². The van der Waals surface area contributed by atoms with Gasteiger partial charge in [-0.05, 0) is 18.8 Å². The second-order valence-corrected chi connectivity index (χ2v) is 5.80. The van der Waals surface area contributed by atoms with E-state index in [2.05, 4.69) is 17.1 Å². The van der Waals surface area contributed by atoms with Crippen molar-refractivity contribution in [3.8, 4) is 0 Å². The molecule has 0 aromatic carbocycles. The lowest BCUT2D eigenvalue weighted by atomic mass is 9.77. The normalized spacial score (nSPS) is 29.8. The maximum atomic E-state index is 10.5. The molecule has 1 N–H and O–H groups in total. The number of aromatic nitrogens is 2. The van der Waals surface area contributed by atoms with E-state index < -0.39 is 5.60 Å². The van der Waals surface area contributed by atoms with E-state index in [0.29, 0.717) is 18.2 Å². The molecule has 1 aromatic heterocycles. The summed E-state index contributed by atoms with van der Waals surface area (Å²) in [5, 5.41) is 14.4. The third-order valence-electron chi connectivity index (χ3n) is 3.55. The first-order valence-electron chi connectivity index (χ1n) is 6.53. The average molecular weight is 238 g/mol. The van der Waals surface area contributed by atoms with Gasteiger partial charge in [0.05, 0.1) is 12.0 Å². The number of aliphatic hydroxyl groups is 1. The Bertz CT molecular complexity index is 375. The minimum atomic E-state index is -0.640. The smallest absolute Gasteiger partial charge is 0.229 e. The summed E-state index contributed by atoms with van der Waals surface area (Å²) in [5.74, 6) is 2.16. The summed E-state index contributed by atoms with van der Waals surface area (Å²) in [7, 11) is 0. The van der Waals surface area contributed by atoms with Crippen LogP contribution in [-0.4, -0.2) is 20.8 Å². The Morgan fingerprint density at radius 2 is 2.29 bits per heavy atom. The first-order valence-corrected chi connectivity index (χ1v) is 6.53. The van der Waals surface area contributed by atoms with Gasteiger partial charge in [-0.3, -0.25) is 0 Å². The summed E-state index contributed by atoms with van der Waals surface area (Å²) in [6, 6.07) is 0. The van der Waals surface area contributed by atoms with Crippen LogP contribution in [0.5, 0.6) is 0 Å². The lowest BCUT2D eigenvalue weighted by molar-refractivity contribution is -0.0180. The molecule has 1 heterocycles. The molecular weight excluding hydrogens is 216 g/mol. The van der Waals surface area contributed by atoms with Gasteiger partial charge in [-0.25, -0.2) is 0 Å². The topological polar surface area (TPSA) is 59.2 Å². The summed E-state index contributed by atoms with van der Waals surface area (Å²) in [6.45, 7) is 6.26. The van der Waals surface area contributed by atoms with Crippen molar-refractivity contribution in [3.05, 3.63) is 11.7 Å². The average Bonchev–Trinajstić information content (AvgIpc) is 2.64. The molecule has 0 amide bonds. The third-order valence-corrected chi connectivity index (χ3v) is 3.55. The lowest BCUT2D eigenvalue weighted by Gasteiger charge is -2.34. The fourth-order valence-corrected chi connectivity index (χ4v) is 2.65. The van der Waals surface area contributed by atoms with E-state index in [9.17, 15) is 5.11 Å². The Morgan fingerprint density at radius 1 is 1.53 bits per heavy atom. The summed E-state index contributed by atoms with van der Waals surface area (Å²) in [4.78, 5) is 4.34. The largest absolute Gasteiger partial charge is 0.389 e. The van der Waals surface area contributed by atoms with Gasteiger partial charge >= 0.3 is 0 Å². The quantitative estimate of drug-likeness (QED) is 0.879. The molecule has 1 aliphatic carbocycles. The summed E-state index contributed by atoms with van der Waals surface area (Å²) in [6.07, 6.45) is 4.48. The summed E-state index contributed by atoms with van der Waals surface area (Å²) >= 11 is 0. The van der Waals surface area contributed by atoms with Crippen LogP contribution in [0.15, 0.2) is 4.52 Å². The Labute approximate surface area is 102 Å². The molecule has 1 fully saturated rings. The molecule has 0 spiro atoms. The van der Waals surface area contributed by atoms with E-state index in [0.717, 1.165) is 25.1 Å². The Balaban J connectivity index is 2.03. The molecule has 0 saturated heterocycles. The van der Waals surface area contributed by atoms with Gasteiger partial charge in [0, 0.05) is 5.92 Å². The van der Waals surface area contributed by atoms with E-state index in [-0.39, 0.29) is 5.92 Å². The number of nitrogens with zero attached hydrogens (tertiary/aromatic N) is 2. The first-order chi connectivity index (χ1) is 7.98. The highest BCUT2D eigenvalue weighted by Crippen LogP contribution is 2.34. The van der Waals surface area contributed by atoms with Crippen molar-refractivity contribution in [1.29, 1.82) is 0 Å². The van der Waals surface area contributed by atoms with Crippen molar-refractivity contribution in [1.82, 2.24) is 10.1 Å². The van der Waals surface area contributed by atoms with E-state index in [1.165, 1.54) is 6.42 Å². The first kappa shape index (κ1) is 12.6. The van der Waals surface area contributed by atoms with Crippen molar-refractivity contribution in [3.63, 3.8) is 0 Å². The zero-order valence-corrected chi connectivity index (χ0v) is 10.9. The molecule has 1 saturated carbocycles. The molecule has 1 aromatic rings. The molecule has 17 heavy (non-hydrogen) atoms. The van der Waals surface area contributed by atoms with Crippen molar-refractivity contribution in [2.24, 2.45) is 5.92 Å². The minimum Gasteiger partial charge on any atom is -0.389 e. The highest BCUT2D eigenvalue weighted by atomic mass is 16.5. The van der Waals surface area contributed by atoms with Crippen LogP contribution in [0, 0.1) is 5.92 Å². The summed E-state index contributed by atoms with van der Waals surface area (Å²) in [5.41, 5.74) is -0.640. The zero-order valence-electron chi connectivity index (χ0n) is 10.9. The summed E-state index contributed by atoms with van der Waals surface area (Å²) < 4.78 is 5.21. The van der Waals surface area contributed by atoms with Gasteiger partial charge in [-0.15, -0.1) is 0 Å². The Kier molecular flexibility index (Phi) is 3.52. The van der Waals surface area contributed by atoms with Gasteiger partial charge in [-0.2, -0.15) is 4.98 Å². The van der Waals surface area contributed by atoms with Crippen LogP contribution in [0.3, 0.4) is 0 Å². The van der Waals surface area contributed by atoms with Crippen LogP contribution in [-0.2, 0) is 6.42 Å². The SMILES string of the molecule is CC(C)c1noc(C[C@@]2(O)CCC[C@@H](C)C2)n1. The molecule has 4 heteroatoms. The van der Waals surface area contributed by atoms with E-state index in [4.69, 9.17) is 4.52 Å². The molecule has 0 unspecified atom stereocenters. The molecule has 1 aliphatic rings. The molecule has 4 nitrogen and oxygen atoms in total. The standard InChI is InChI=1S/C13H22N2O2/c1-9(2)12-14-11(17-15-12)8-13(16)6-4-5-10(3)7-13/h9-10,16H,4-8H2,1-3H3/t10-,13-/m1/s1. The van der Waals surface area contributed by atoms with Gasteiger partial charge in [-0.1, -0.05) is 38.8 Å². The van der Waals surface area contributed by atoms with Gasteiger partial charge in [0.2, 0.25) is 5.89 Å². The van der Waals surface area contributed by atoms with Crippen LogP contribution in [0.1, 0.15) is 64.1 Å². The van der Waals surface area contributed by atoms with Crippen LogP contribution in [0.4, 0.5) is 0 Å². The zero-order chi connectivity index (χ0) is 12.5. The van der Waals surface area contributed by atoms with Crippen molar-refractivity contribution >= 4 is 0 Å². The molecule has 0 aliphatic heterocycles. The molecule has 96 valence electrons. The van der Waals surface area contributed by atoms with E-state index in [1.807, 2.05) is 13.8 Å². The predicted octanol–water partition coefficient (Wildman–Crippen LogP) is 2.68. The maximum Gasteiger partial charge on any atom is 0.229 e. The van der Waals surface area contributed by atoms with Crippen molar-refractivity contribution in [2.45, 2.75) is 64.4 Å². The van der Waals surface area contributed by atoms with Crippen molar-refractivity contribution in [2.75, 3.05) is 0 Å². The molecule has 0 bridgehead atoms. The van der Waals surface area contributed by atoms with Crippen LogP contribution >= 0.6 is 0 Å². The third kappa shape index (κ3) is 3.06. The highest BCUT2D eigenvalue weighted by molar-refractivity contribution is 4.97. The number of hydrogen-bond donors (Lipinski definition) is 1. The molecule has 0 radical (unpaired) electrons. The predicted molar refractivity (Wildman–Crippen MR) is 64.7 cm³/mol. The fraction of sp³-hybridized carbons (Fsp3) is 0.846. The monoisotopic (exact) mass is 238 g/mol. The van der Waals surface area contributed by atoms with E-state index >= 15 is 0 Å². The van der Waals surface area contributed by atoms with Gasteiger partial charge < -0.3 is 9.63 Å². The van der Waals surface area contributed by atoms with Gasteiger partial charge in [0.25, 0.3) is 0 Å². The molecule has 2 rings (SSSR count). The lowest BCUT2D eigenvalue weighted by Crippen LogP contribution is -2.36. The van der Waals surface area contributed by atoms with Crippen LogP contribution in [0.2, 0.25) is 0 Å². The minimum absolute atomic E-state index is 0.271. The van der Waals surface area contributed by atoms with Gasteiger partial charge in [0.1, 0.15) is 0 Å². The second kappa shape index (κ2) is 4.77. The number of hydrogen-bond acceptors (Lipinski definition) is 4. The fourth-order valence-electron chi connectivity index (χ4n) is 2.65. The van der Waals surface area contributed by atoms with E-state index in [1.54, 1.807) is 0 Å². The highest BCUT2D eigenvalue weighted by Gasteiger charge is 2.34. The molecular formula is C13H22N2O2. The maximum absolute atomic E-state index is 10.5. The Hall–Kier alpha value is -0.900. The molecule has 2 atom stereocenters. The van der Waals surface area contributed by atoms with Crippen molar-refractivity contribution < 1.29 is 9.63 Å².